The number of aryl methyl sites for hydroxylation is 1. The monoisotopic (exact) mass is 466 g/mol. The van der Waals surface area contributed by atoms with Crippen LogP contribution in [0.3, 0.4) is 0 Å². The Labute approximate surface area is 200 Å². The molecule has 182 valence electrons. The van der Waals surface area contributed by atoms with Crippen molar-refractivity contribution >= 4 is 23.4 Å². The second-order valence-electron chi connectivity index (χ2n) is 9.73. The summed E-state index contributed by atoms with van der Waals surface area (Å²) in [4.78, 5) is 43.7. The van der Waals surface area contributed by atoms with E-state index < -0.39 is 0 Å². The summed E-state index contributed by atoms with van der Waals surface area (Å²) in [6, 6.07) is 7.55. The van der Waals surface area contributed by atoms with E-state index in [9.17, 15) is 14.4 Å². The smallest absolute Gasteiger partial charge is 0.228 e. The maximum Gasteiger partial charge on any atom is 0.228 e. The number of carbonyl (C=O) groups excluding carboxylic acids is 3. The average molecular weight is 467 g/mol. The molecule has 8 nitrogen and oxygen atoms in total. The average Bonchev–Trinajstić information content (AvgIpc) is 3.53. The fourth-order valence-corrected chi connectivity index (χ4v) is 4.89. The van der Waals surface area contributed by atoms with Gasteiger partial charge < -0.3 is 20.0 Å². The van der Waals surface area contributed by atoms with Crippen molar-refractivity contribution in [2.45, 2.75) is 71.9 Å². The summed E-state index contributed by atoms with van der Waals surface area (Å²) in [6.07, 6.45) is 5.42. The largest absolute Gasteiger partial charge is 0.441 e. The van der Waals surface area contributed by atoms with Gasteiger partial charge in [-0.05, 0) is 51.7 Å². The zero-order valence-corrected chi connectivity index (χ0v) is 20.2. The van der Waals surface area contributed by atoms with Crippen LogP contribution < -0.4 is 10.6 Å². The summed E-state index contributed by atoms with van der Waals surface area (Å²) in [6.45, 7) is 6.37. The van der Waals surface area contributed by atoms with E-state index in [4.69, 9.17) is 4.42 Å². The van der Waals surface area contributed by atoms with E-state index >= 15 is 0 Å². The second-order valence-corrected chi connectivity index (χ2v) is 9.73. The summed E-state index contributed by atoms with van der Waals surface area (Å²) in [5.74, 6) is 0.999. The quantitative estimate of drug-likeness (QED) is 0.611. The molecule has 4 rings (SSSR count). The zero-order chi connectivity index (χ0) is 24.2. The number of nitrogens with one attached hydrogen (secondary N) is 2. The van der Waals surface area contributed by atoms with Crippen molar-refractivity contribution in [1.82, 2.24) is 15.2 Å². The molecular formula is C26H34N4O4. The first-order valence-corrected chi connectivity index (χ1v) is 12.2. The molecule has 0 bridgehead atoms. The molecular weight excluding hydrogens is 432 g/mol. The molecule has 2 heterocycles. The molecule has 2 aliphatic rings. The van der Waals surface area contributed by atoms with Crippen LogP contribution >= 0.6 is 0 Å². The Morgan fingerprint density at radius 3 is 2.65 bits per heavy atom. The van der Waals surface area contributed by atoms with Crippen LogP contribution in [0.1, 0.15) is 63.8 Å². The van der Waals surface area contributed by atoms with Crippen molar-refractivity contribution in [3.63, 3.8) is 0 Å². The number of hydrogen-bond donors (Lipinski definition) is 2. The van der Waals surface area contributed by atoms with E-state index in [0.29, 0.717) is 47.5 Å². The highest BCUT2D eigenvalue weighted by Crippen LogP contribution is 2.31. The van der Waals surface area contributed by atoms with Gasteiger partial charge in [-0.15, -0.1) is 0 Å². The first kappa shape index (κ1) is 24.0. The molecule has 1 saturated heterocycles. The van der Waals surface area contributed by atoms with Crippen LogP contribution in [0.5, 0.6) is 0 Å². The fraction of sp³-hybridized carbons (Fsp3) is 0.538. The highest BCUT2D eigenvalue weighted by Gasteiger charge is 2.35. The van der Waals surface area contributed by atoms with Crippen LogP contribution in [0, 0.1) is 18.8 Å². The van der Waals surface area contributed by atoms with Crippen molar-refractivity contribution in [1.29, 1.82) is 0 Å². The number of hydrogen-bond acceptors (Lipinski definition) is 5. The number of likely N-dealkylation sites (tertiary alicyclic amines) is 1. The molecule has 8 heteroatoms. The van der Waals surface area contributed by atoms with Crippen LogP contribution in [0.2, 0.25) is 0 Å². The molecule has 1 aliphatic carbocycles. The Bertz CT molecular complexity index is 1050. The van der Waals surface area contributed by atoms with E-state index in [2.05, 4.69) is 15.6 Å². The highest BCUT2D eigenvalue weighted by molar-refractivity contribution is 5.94. The summed E-state index contributed by atoms with van der Waals surface area (Å²) >= 11 is 0. The molecule has 2 fully saturated rings. The normalized spacial score (nSPS) is 18.6. The van der Waals surface area contributed by atoms with Gasteiger partial charge in [0.15, 0.2) is 0 Å². The minimum Gasteiger partial charge on any atom is -0.441 e. The summed E-state index contributed by atoms with van der Waals surface area (Å²) < 4.78 is 5.90. The number of benzene rings is 1. The number of para-hydroxylation sites is 1. The molecule has 1 saturated carbocycles. The number of nitrogens with zero attached hydrogens (tertiary/aromatic N) is 2. The highest BCUT2D eigenvalue weighted by atomic mass is 16.4. The minimum atomic E-state index is -0.350. The number of carbonyl (C=O) groups is 3. The van der Waals surface area contributed by atoms with Crippen molar-refractivity contribution in [2.24, 2.45) is 11.8 Å². The first-order valence-electron chi connectivity index (χ1n) is 12.2. The van der Waals surface area contributed by atoms with Crippen molar-refractivity contribution in [3.8, 4) is 11.5 Å². The lowest BCUT2D eigenvalue weighted by molar-refractivity contribution is -0.130. The van der Waals surface area contributed by atoms with E-state index in [-0.39, 0.29) is 42.6 Å². The molecule has 3 amide bonds. The second kappa shape index (κ2) is 10.4. The Morgan fingerprint density at radius 2 is 1.94 bits per heavy atom. The van der Waals surface area contributed by atoms with Crippen LogP contribution in [-0.4, -0.2) is 40.2 Å². The number of oxazole rings is 1. The predicted molar refractivity (Wildman–Crippen MR) is 129 cm³/mol. The molecule has 0 radical (unpaired) electrons. The van der Waals surface area contributed by atoms with Crippen molar-refractivity contribution < 1.29 is 18.8 Å². The number of rotatable bonds is 8. The van der Waals surface area contributed by atoms with Gasteiger partial charge in [-0.25, -0.2) is 4.98 Å². The Morgan fingerprint density at radius 1 is 1.21 bits per heavy atom. The van der Waals surface area contributed by atoms with E-state index in [1.165, 1.54) is 12.8 Å². The van der Waals surface area contributed by atoms with Gasteiger partial charge in [0.1, 0.15) is 11.5 Å². The number of anilines is 1. The lowest BCUT2D eigenvalue weighted by Crippen LogP contribution is -2.35. The van der Waals surface area contributed by atoms with Gasteiger partial charge in [0.25, 0.3) is 0 Å². The molecule has 2 N–H and O–H groups in total. The molecule has 34 heavy (non-hydrogen) atoms. The molecule has 1 atom stereocenters. The molecule has 0 spiro atoms. The summed E-state index contributed by atoms with van der Waals surface area (Å²) in [7, 11) is 0. The summed E-state index contributed by atoms with van der Waals surface area (Å²) in [5, 5.41) is 5.93. The Kier molecular flexibility index (Phi) is 7.34. The van der Waals surface area contributed by atoms with Gasteiger partial charge >= 0.3 is 0 Å². The molecule has 2 aromatic rings. The predicted octanol–water partition coefficient (Wildman–Crippen LogP) is 4.04. The van der Waals surface area contributed by atoms with Gasteiger partial charge in [-0.1, -0.05) is 25.0 Å². The zero-order valence-electron chi connectivity index (χ0n) is 20.2. The molecule has 1 aromatic heterocycles. The maximum atomic E-state index is 12.6. The maximum absolute atomic E-state index is 12.6. The van der Waals surface area contributed by atoms with Gasteiger partial charge in [0.05, 0.1) is 23.7 Å². The third-order valence-electron chi connectivity index (χ3n) is 6.86. The first-order chi connectivity index (χ1) is 16.3. The number of aromatic nitrogens is 1. The molecule has 1 aromatic carbocycles. The van der Waals surface area contributed by atoms with Crippen LogP contribution in [-0.2, 0) is 20.9 Å². The van der Waals surface area contributed by atoms with Gasteiger partial charge in [-0.3, -0.25) is 14.4 Å². The van der Waals surface area contributed by atoms with Gasteiger partial charge in [0, 0.05) is 25.4 Å². The van der Waals surface area contributed by atoms with Crippen LogP contribution in [0.25, 0.3) is 11.5 Å². The minimum absolute atomic E-state index is 0.0108. The lowest BCUT2D eigenvalue weighted by atomic mass is 10.0. The van der Waals surface area contributed by atoms with Crippen LogP contribution in [0.4, 0.5) is 5.69 Å². The van der Waals surface area contributed by atoms with E-state index in [1.54, 1.807) is 11.8 Å². The molecule has 1 aliphatic heterocycles. The lowest BCUT2D eigenvalue weighted by Gasteiger charge is -2.20. The molecule has 0 unspecified atom stereocenters. The Balaban J connectivity index is 1.40. The third kappa shape index (κ3) is 5.48. The van der Waals surface area contributed by atoms with Gasteiger partial charge in [0.2, 0.25) is 23.6 Å². The van der Waals surface area contributed by atoms with Gasteiger partial charge in [-0.2, -0.15) is 0 Å². The summed E-state index contributed by atoms with van der Waals surface area (Å²) in [5.41, 5.74) is 2.00. The van der Waals surface area contributed by atoms with Crippen molar-refractivity contribution in [3.05, 3.63) is 35.7 Å². The van der Waals surface area contributed by atoms with Crippen LogP contribution in [0.15, 0.2) is 28.7 Å². The topological polar surface area (TPSA) is 105 Å². The van der Waals surface area contributed by atoms with E-state index in [1.807, 2.05) is 38.1 Å². The van der Waals surface area contributed by atoms with E-state index in [0.717, 1.165) is 12.8 Å². The van der Waals surface area contributed by atoms with Crippen molar-refractivity contribution in [2.75, 3.05) is 11.9 Å². The third-order valence-corrected chi connectivity index (χ3v) is 6.86. The SMILES string of the molecule is Cc1oc(-c2ccccc2NC(=O)CC2CCCC2)nc1CNC(=O)[C@H]1CC(=O)N(C(C)C)C1. The Hall–Kier alpha value is -3.16. The standard InChI is InChI=1S/C26H34N4O4/c1-16(2)30-15-19(13-24(30)32)25(33)27-14-22-17(3)34-26(29-22)20-10-6-7-11-21(20)28-23(31)12-18-8-4-5-9-18/h6-7,10-11,16,18-19H,4-5,8-9,12-15H2,1-3H3,(H,27,33)(H,28,31)/t19-/m0/s1. The number of amides is 3. The fourth-order valence-electron chi connectivity index (χ4n) is 4.89.